The second-order valence-corrected chi connectivity index (χ2v) is 7.32. The lowest BCUT2D eigenvalue weighted by Gasteiger charge is -2.22. The topological polar surface area (TPSA) is 61.4 Å². The maximum Gasteiger partial charge on any atom is 0.299 e. The summed E-state index contributed by atoms with van der Waals surface area (Å²) in [6.45, 7) is 8.02. The standard InChI is InChI=1S/C16H27N3O2S/c1-4-19(5-2)15-10-11-16(13(3)12-15)18-22(20,21)17-14-8-6-7-9-14/h10-12,14,17-18H,4-9H2,1-3H3. The highest BCUT2D eigenvalue weighted by atomic mass is 32.2. The van der Waals surface area contributed by atoms with Gasteiger partial charge >= 0.3 is 0 Å². The van der Waals surface area contributed by atoms with Gasteiger partial charge in [-0.1, -0.05) is 12.8 Å². The third kappa shape index (κ3) is 4.36. The summed E-state index contributed by atoms with van der Waals surface area (Å²) in [4.78, 5) is 2.24. The maximum absolute atomic E-state index is 12.2. The number of aryl methyl sites for hydroxylation is 1. The average molecular weight is 325 g/mol. The molecular formula is C16H27N3O2S. The second kappa shape index (κ2) is 7.33. The number of anilines is 2. The van der Waals surface area contributed by atoms with E-state index in [-0.39, 0.29) is 6.04 Å². The zero-order valence-electron chi connectivity index (χ0n) is 13.7. The molecule has 0 bridgehead atoms. The molecule has 0 spiro atoms. The summed E-state index contributed by atoms with van der Waals surface area (Å²) in [5.41, 5.74) is 2.69. The van der Waals surface area contributed by atoms with Crippen molar-refractivity contribution < 1.29 is 8.42 Å². The van der Waals surface area contributed by atoms with Crippen LogP contribution in [0.25, 0.3) is 0 Å². The fraction of sp³-hybridized carbons (Fsp3) is 0.625. The predicted octanol–water partition coefficient (Wildman–Crippen LogP) is 3.03. The lowest BCUT2D eigenvalue weighted by Crippen LogP contribution is -2.37. The van der Waals surface area contributed by atoms with Crippen molar-refractivity contribution in [3.63, 3.8) is 0 Å². The van der Waals surface area contributed by atoms with Crippen molar-refractivity contribution in [1.29, 1.82) is 0 Å². The molecule has 1 saturated carbocycles. The molecule has 2 rings (SSSR count). The number of hydrogen-bond donors (Lipinski definition) is 2. The van der Waals surface area contributed by atoms with Gasteiger partial charge in [0.2, 0.25) is 0 Å². The summed E-state index contributed by atoms with van der Waals surface area (Å²) in [7, 11) is -3.50. The fourth-order valence-electron chi connectivity index (χ4n) is 2.99. The predicted molar refractivity (Wildman–Crippen MR) is 92.7 cm³/mol. The molecule has 124 valence electrons. The number of hydrogen-bond acceptors (Lipinski definition) is 3. The summed E-state index contributed by atoms with van der Waals surface area (Å²) >= 11 is 0. The first kappa shape index (κ1) is 17.1. The van der Waals surface area contributed by atoms with E-state index in [4.69, 9.17) is 0 Å². The van der Waals surface area contributed by atoms with Crippen LogP contribution >= 0.6 is 0 Å². The van der Waals surface area contributed by atoms with Gasteiger partial charge in [-0.25, -0.2) is 0 Å². The number of benzene rings is 1. The smallest absolute Gasteiger partial charge is 0.299 e. The third-order valence-electron chi connectivity index (χ3n) is 4.26. The Kier molecular flexibility index (Phi) is 5.69. The molecule has 6 heteroatoms. The van der Waals surface area contributed by atoms with E-state index in [9.17, 15) is 8.42 Å². The van der Waals surface area contributed by atoms with E-state index < -0.39 is 10.2 Å². The molecule has 1 aromatic carbocycles. The summed E-state index contributed by atoms with van der Waals surface area (Å²) in [5, 5.41) is 0. The molecule has 0 aliphatic heterocycles. The Balaban J connectivity index is 2.08. The summed E-state index contributed by atoms with van der Waals surface area (Å²) in [6, 6.07) is 5.91. The van der Waals surface area contributed by atoms with E-state index in [1.54, 1.807) is 0 Å². The Morgan fingerprint density at radius 2 is 1.82 bits per heavy atom. The van der Waals surface area contributed by atoms with Crippen LogP contribution in [0.2, 0.25) is 0 Å². The van der Waals surface area contributed by atoms with Crippen LogP contribution in [-0.4, -0.2) is 27.5 Å². The van der Waals surface area contributed by atoms with Crippen molar-refractivity contribution in [2.45, 2.75) is 52.5 Å². The van der Waals surface area contributed by atoms with Crippen molar-refractivity contribution >= 4 is 21.6 Å². The molecule has 1 aromatic rings. The molecule has 0 aromatic heterocycles. The van der Waals surface area contributed by atoms with Crippen molar-refractivity contribution in [3.8, 4) is 0 Å². The van der Waals surface area contributed by atoms with E-state index in [1.807, 2.05) is 25.1 Å². The Morgan fingerprint density at radius 3 is 2.36 bits per heavy atom. The molecule has 0 unspecified atom stereocenters. The minimum Gasteiger partial charge on any atom is -0.372 e. The summed E-state index contributed by atoms with van der Waals surface area (Å²) < 4.78 is 29.8. The van der Waals surface area contributed by atoms with Crippen molar-refractivity contribution in [3.05, 3.63) is 23.8 Å². The monoisotopic (exact) mass is 325 g/mol. The van der Waals surface area contributed by atoms with Crippen LogP contribution in [0.4, 0.5) is 11.4 Å². The normalized spacial score (nSPS) is 16.0. The van der Waals surface area contributed by atoms with Crippen molar-refractivity contribution in [1.82, 2.24) is 4.72 Å². The molecule has 0 saturated heterocycles. The van der Waals surface area contributed by atoms with Crippen LogP contribution in [0, 0.1) is 6.92 Å². The first-order chi connectivity index (χ1) is 10.4. The number of nitrogens with one attached hydrogen (secondary N) is 2. The Labute approximate surface area is 134 Å². The average Bonchev–Trinajstić information content (AvgIpc) is 2.95. The van der Waals surface area contributed by atoms with Gasteiger partial charge in [-0.05, 0) is 57.4 Å². The molecule has 0 heterocycles. The van der Waals surface area contributed by atoms with E-state index >= 15 is 0 Å². The van der Waals surface area contributed by atoms with Crippen LogP contribution in [0.3, 0.4) is 0 Å². The fourth-order valence-corrected chi connectivity index (χ4v) is 4.24. The van der Waals surface area contributed by atoms with E-state index in [1.165, 1.54) is 0 Å². The van der Waals surface area contributed by atoms with Gasteiger partial charge in [0, 0.05) is 24.8 Å². The third-order valence-corrected chi connectivity index (χ3v) is 5.39. The van der Waals surface area contributed by atoms with Crippen LogP contribution in [0.5, 0.6) is 0 Å². The van der Waals surface area contributed by atoms with Gasteiger partial charge in [0.1, 0.15) is 0 Å². The van der Waals surface area contributed by atoms with Crippen LogP contribution < -0.4 is 14.3 Å². The molecule has 2 N–H and O–H groups in total. The van der Waals surface area contributed by atoms with Gasteiger partial charge in [0.05, 0.1) is 5.69 Å². The number of rotatable bonds is 7. The van der Waals surface area contributed by atoms with Gasteiger partial charge in [0.25, 0.3) is 10.2 Å². The lowest BCUT2D eigenvalue weighted by atomic mass is 10.1. The molecular weight excluding hydrogens is 298 g/mol. The Hall–Kier alpha value is -1.27. The molecule has 1 fully saturated rings. The summed E-state index contributed by atoms with van der Waals surface area (Å²) in [6.07, 6.45) is 4.07. The highest BCUT2D eigenvalue weighted by Gasteiger charge is 2.21. The first-order valence-electron chi connectivity index (χ1n) is 8.11. The largest absolute Gasteiger partial charge is 0.372 e. The molecule has 0 atom stereocenters. The van der Waals surface area contributed by atoms with Gasteiger partial charge in [-0.2, -0.15) is 13.1 Å². The molecule has 22 heavy (non-hydrogen) atoms. The number of nitrogens with zero attached hydrogens (tertiary/aromatic N) is 1. The van der Waals surface area contributed by atoms with Gasteiger partial charge in [-0.3, -0.25) is 4.72 Å². The van der Waals surface area contributed by atoms with Crippen LogP contribution in [0.15, 0.2) is 18.2 Å². The zero-order chi connectivity index (χ0) is 16.2. The van der Waals surface area contributed by atoms with Gasteiger partial charge in [0.15, 0.2) is 0 Å². The molecule has 1 aliphatic carbocycles. The SMILES string of the molecule is CCN(CC)c1ccc(NS(=O)(=O)NC2CCCC2)c(C)c1. The van der Waals surface area contributed by atoms with Gasteiger partial charge < -0.3 is 4.90 Å². The lowest BCUT2D eigenvalue weighted by molar-refractivity contribution is 0.557. The summed E-state index contributed by atoms with van der Waals surface area (Å²) in [5.74, 6) is 0. The quantitative estimate of drug-likeness (QED) is 0.810. The minimum absolute atomic E-state index is 0.0766. The van der Waals surface area contributed by atoms with E-state index in [0.717, 1.165) is 50.0 Å². The molecule has 0 radical (unpaired) electrons. The molecule has 5 nitrogen and oxygen atoms in total. The van der Waals surface area contributed by atoms with Gasteiger partial charge in [-0.15, -0.1) is 0 Å². The van der Waals surface area contributed by atoms with Crippen molar-refractivity contribution in [2.75, 3.05) is 22.7 Å². The zero-order valence-corrected chi connectivity index (χ0v) is 14.5. The highest BCUT2D eigenvalue weighted by molar-refractivity contribution is 7.90. The van der Waals surface area contributed by atoms with E-state index in [0.29, 0.717) is 5.69 Å². The molecule has 0 amide bonds. The van der Waals surface area contributed by atoms with Crippen LogP contribution in [-0.2, 0) is 10.2 Å². The highest BCUT2D eigenvalue weighted by Crippen LogP contribution is 2.24. The minimum atomic E-state index is -3.50. The second-order valence-electron chi connectivity index (χ2n) is 5.88. The van der Waals surface area contributed by atoms with Crippen molar-refractivity contribution in [2.24, 2.45) is 0 Å². The maximum atomic E-state index is 12.2. The van der Waals surface area contributed by atoms with E-state index in [2.05, 4.69) is 28.2 Å². The first-order valence-corrected chi connectivity index (χ1v) is 9.59. The Morgan fingerprint density at radius 1 is 1.18 bits per heavy atom. The van der Waals surface area contributed by atoms with Crippen LogP contribution in [0.1, 0.15) is 45.1 Å². The Bertz CT molecular complexity index is 591. The molecule has 1 aliphatic rings.